The zero-order valence-corrected chi connectivity index (χ0v) is 19.4. The van der Waals surface area contributed by atoms with Gasteiger partial charge in [-0.1, -0.05) is 34.5 Å². The van der Waals surface area contributed by atoms with Crippen molar-refractivity contribution in [3.05, 3.63) is 79.4 Å². The number of pyridine rings is 1. The van der Waals surface area contributed by atoms with Crippen molar-refractivity contribution in [2.75, 3.05) is 20.1 Å². The highest BCUT2D eigenvalue weighted by Crippen LogP contribution is 2.34. The van der Waals surface area contributed by atoms with E-state index in [2.05, 4.69) is 28.3 Å². The highest BCUT2D eigenvalue weighted by Gasteiger charge is 2.33. The van der Waals surface area contributed by atoms with Crippen LogP contribution in [0.1, 0.15) is 34.9 Å². The van der Waals surface area contributed by atoms with Crippen LogP contribution in [-0.4, -0.2) is 44.6 Å². The first-order chi connectivity index (χ1) is 15.5. The molecule has 2 aliphatic rings. The number of aromatic nitrogens is 4. The number of halogens is 2. The molecule has 4 heterocycles. The second-order valence-corrected chi connectivity index (χ2v) is 9.70. The summed E-state index contributed by atoms with van der Waals surface area (Å²) in [5, 5.41) is 9.49. The molecule has 168 valence electrons. The third-order valence-corrected chi connectivity index (χ3v) is 6.89. The second-order valence-electron chi connectivity index (χ2n) is 8.86. The maximum atomic E-state index is 13.0. The molecule has 9 heteroatoms. The van der Waals surface area contributed by atoms with Crippen molar-refractivity contribution < 1.29 is 4.74 Å². The van der Waals surface area contributed by atoms with Crippen molar-refractivity contribution in [2.45, 2.75) is 38.6 Å². The lowest BCUT2D eigenvalue weighted by Crippen LogP contribution is -2.46. The Balaban J connectivity index is 1.21. The van der Waals surface area contributed by atoms with Crippen molar-refractivity contribution >= 4 is 23.2 Å². The summed E-state index contributed by atoms with van der Waals surface area (Å²) in [6.07, 6.45) is 3.00. The van der Waals surface area contributed by atoms with E-state index in [0.29, 0.717) is 39.7 Å². The molecule has 2 atom stereocenters. The number of benzene rings is 1. The van der Waals surface area contributed by atoms with Gasteiger partial charge in [-0.25, -0.2) is 4.68 Å². The predicted molar refractivity (Wildman–Crippen MR) is 123 cm³/mol. The summed E-state index contributed by atoms with van der Waals surface area (Å²) in [5.74, 6) is 0.989. The molecule has 2 bridgehead atoms. The first kappa shape index (κ1) is 21.6. The Kier molecular flexibility index (Phi) is 6.07. The standard InChI is InChI=1S/C23H25Cl2N5O2/c1-28-8-15-6-18(10-28)22-5-3-17(23(31)30(22)9-15)13-32-14-20-12-29(27-26-20)11-16-2-4-19(24)7-21(16)25/h2-5,7,12,15,18H,6,8-11,13-14H2,1H3/t15-,18+/m0/s1. The molecule has 2 aromatic heterocycles. The Hall–Kier alpha value is -2.19. The maximum Gasteiger partial charge on any atom is 0.256 e. The van der Waals surface area contributed by atoms with E-state index in [-0.39, 0.29) is 18.8 Å². The van der Waals surface area contributed by atoms with Gasteiger partial charge in [-0.2, -0.15) is 0 Å². The molecule has 2 aliphatic heterocycles. The quantitative estimate of drug-likeness (QED) is 0.547. The van der Waals surface area contributed by atoms with Crippen LogP contribution in [0.4, 0.5) is 0 Å². The number of nitrogens with zero attached hydrogens (tertiary/aromatic N) is 5. The van der Waals surface area contributed by atoms with Crippen LogP contribution in [0, 0.1) is 5.92 Å². The Labute approximate surface area is 196 Å². The van der Waals surface area contributed by atoms with E-state index in [1.807, 2.05) is 22.9 Å². The number of hydrogen-bond acceptors (Lipinski definition) is 5. The number of rotatable bonds is 6. The smallest absolute Gasteiger partial charge is 0.256 e. The first-order valence-electron chi connectivity index (χ1n) is 10.8. The summed E-state index contributed by atoms with van der Waals surface area (Å²) in [6, 6.07) is 9.40. The molecule has 0 saturated carbocycles. The molecule has 0 N–H and O–H groups in total. The molecule has 7 nitrogen and oxygen atoms in total. The highest BCUT2D eigenvalue weighted by molar-refractivity contribution is 6.35. The minimum atomic E-state index is 0.0720. The molecule has 5 rings (SSSR count). The van der Waals surface area contributed by atoms with Crippen LogP contribution < -0.4 is 5.56 Å². The molecular formula is C23H25Cl2N5O2. The summed E-state index contributed by atoms with van der Waals surface area (Å²) in [7, 11) is 2.16. The molecule has 1 aromatic carbocycles. The number of likely N-dealkylation sites (tertiary alicyclic amines) is 1. The molecule has 32 heavy (non-hydrogen) atoms. The van der Waals surface area contributed by atoms with Gasteiger partial charge in [0, 0.05) is 46.9 Å². The van der Waals surface area contributed by atoms with Crippen LogP contribution in [0.3, 0.4) is 0 Å². The normalized spacial score (nSPS) is 20.3. The van der Waals surface area contributed by atoms with Gasteiger partial charge in [0.2, 0.25) is 0 Å². The molecule has 0 radical (unpaired) electrons. The fourth-order valence-electron chi connectivity index (χ4n) is 4.91. The lowest BCUT2D eigenvalue weighted by molar-refractivity contribution is 0.102. The van der Waals surface area contributed by atoms with E-state index in [1.54, 1.807) is 16.8 Å². The third-order valence-electron chi connectivity index (χ3n) is 6.31. The predicted octanol–water partition coefficient (Wildman–Crippen LogP) is 3.56. The van der Waals surface area contributed by atoms with Crippen molar-refractivity contribution in [1.82, 2.24) is 24.5 Å². The molecule has 0 unspecified atom stereocenters. The minimum Gasteiger partial charge on any atom is -0.370 e. The summed E-state index contributed by atoms with van der Waals surface area (Å²) in [5.41, 5.74) is 3.52. The molecule has 0 spiro atoms. The van der Waals surface area contributed by atoms with Gasteiger partial charge in [-0.05, 0) is 49.2 Å². The monoisotopic (exact) mass is 473 g/mol. The number of hydrogen-bond donors (Lipinski definition) is 0. The molecular weight excluding hydrogens is 449 g/mol. The zero-order valence-electron chi connectivity index (χ0n) is 17.9. The second kappa shape index (κ2) is 8.98. The summed E-state index contributed by atoms with van der Waals surface area (Å²) in [6.45, 7) is 3.90. The van der Waals surface area contributed by atoms with Crippen LogP contribution in [0.15, 0.2) is 41.3 Å². The van der Waals surface area contributed by atoms with Gasteiger partial charge < -0.3 is 14.2 Å². The van der Waals surface area contributed by atoms with E-state index in [9.17, 15) is 4.79 Å². The largest absolute Gasteiger partial charge is 0.370 e. The Morgan fingerprint density at radius 3 is 2.78 bits per heavy atom. The zero-order chi connectivity index (χ0) is 22.2. The van der Waals surface area contributed by atoms with Crippen LogP contribution >= 0.6 is 23.2 Å². The van der Waals surface area contributed by atoms with Crippen LogP contribution in [-0.2, 0) is 31.0 Å². The van der Waals surface area contributed by atoms with Gasteiger partial charge in [0.1, 0.15) is 5.69 Å². The number of ether oxygens (including phenoxy) is 1. The third kappa shape index (κ3) is 4.48. The van der Waals surface area contributed by atoms with Crippen LogP contribution in [0.25, 0.3) is 0 Å². The van der Waals surface area contributed by atoms with Crippen molar-refractivity contribution in [3.8, 4) is 0 Å². The van der Waals surface area contributed by atoms with Gasteiger partial charge in [-0.15, -0.1) is 5.10 Å². The fraction of sp³-hybridized carbons (Fsp3) is 0.435. The van der Waals surface area contributed by atoms with Gasteiger partial charge >= 0.3 is 0 Å². The van der Waals surface area contributed by atoms with Crippen molar-refractivity contribution in [2.24, 2.45) is 5.92 Å². The maximum absolute atomic E-state index is 13.0. The van der Waals surface area contributed by atoms with Crippen LogP contribution in [0.2, 0.25) is 10.0 Å². The van der Waals surface area contributed by atoms with E-state index in [1.165, 1.54) is 6.42 Å². The van der Waals surface area contributed by atoms with E-state index in [0.717, 1.165) is 30.9 Å². The van der Waals surface area contributed by atoms with E-state index < -0.39 is 0 Å². The molecule has 3 aromatic rings. The molecule has 0 aliphatic carbocycles. The Morgan fingerprint density at radius 1 is 1.09 bits per heavy atom. The number of fused-ring (bicyclic) bond motifs is 4. The number of piperidine rings is 1. The van der Waals surface area contributed by atoms with Crippen molar-refractivity contribution in [1.29, 1.82) is 0 Å². The summed E-state index contributed by atoms with van der Waals surface area (Å²) >= 11 is 12.2. The highest BCUT2D eigenvalue weighted by atomic mass is 35.5. The van der Waals surface area contributed by atoms with Crippen LogP contribution in [0.5, 0.6) is 0 Å². The van der Waals surface area contributed by atoms with E-state index in [4.69, 9.17) is 27.9 Å². The van der Waals surface area contributed by atoms with Gasteiger partial charge in [0.15, 0.2) is 0 Å². The topological polar surface area (TPSA) is 65.2 Å². The van der Waals surface area contributed by atoms with Gasteiger partial charge in [0.25, 0.3) is 5.56 Å². The Bertz CT molecular complexity index is 1190. The SMILES string of the molecule is CN1C[C@@H]2C[C@H](C1)c1ccc(COCc3cn(Cc4ccc(Cl)cc4Cl)nn3)c(=O)n1C2. The molecule has 1 fully saturated rings. The first-order valence-corrected chi connectivity index (χ1v) is 11.5. The summed E-state index contributed by atoms with van der Waals surface area (Å²) < 4.78 is 9.49. The Morgan fingerprint density at radius 2 is 1.94 bits per heavy atom. The lowest BCUT2D eigenvalue weighted by atomic mass is 9.83. The average Bonchev–Trinajstić information content (AvgIpc) is 3.19. The van der Waals surface area contributed by atoms with Gasteiger partial charge in [0.05, 0.1) is 26.0 Å². The van der Waals surface area contributed by atoms with E-state index >= 15 is 0 Å². The summed E-state index contributed by atoms with van der Waals surface area (Å²) in [4.78, 5) is 15.4. The van der Waals surface area contributed by atoms with Gasteiger partial charge in [-0.3, -0.25) is 4.79 Å². The number of likely N-dealkylation sites (N-methyl/N-ethyl adjacent to an activating group) is 1. The molecule has 1 saturated heterocycles. The molecule has 0 amide bonds. The average molecular weight is 474 g/mol. The fourth-order valence-corrected chi connectivity index (χ4v) is 5.38. The van der Waals surface area contributed by atoms with Crippen molar-refractivity contribution in [3.63, 3.8) is 0 Å². The minimum absolute atomic E-state index is 0.0720. The lowest BCUT2D eigenvalue weighted by Gasteiger charge is -2.41.